The molecule has 2 aromatic heterocycles. The quantitative estimate of drug-likeness (QED) is 0.401. The highest BCUT2D eigenvalue weighted by Gasteiger charge is 2.30. The molecule has 33 heavy (non-hydrogen) atoms. The fraction of sp³-hybridized carbons (Fsp3) is 0.360. The lowest BCUT2D eigenvalue weighted by atomic mass is 9.95. The van der Waals surface area contributed by atoms with Crippen molar-refractivity contribution < 1.29 is 24.1 Å². The van der Waals surface area contributed by atoms with E-state index in [9.17, 15) is 19.4 Å². The SMILES string of the molecule is COC(=O)C[C@H](O)C[C@H](O)/C=C/c1c(C2CC2)nc2cc(C)sc2c1-c1ccc(F)cc1Cl. The molecule has 0 amide bonds. The zero-order chi connectivity index (χ0) is 23.7. The van der Waals surface area contributed by atoms with Crippen LogP contribution in [0.1, 0.15) is 47.7 Å². The highest BCUT2D eigenvalue weighted by molar-refractivity contribution is 7.19. The van der Waals surface area contributed by atoms with E-state index in [0.29, 0.717) is 16.5 Å². The number of hydrogen-bond acceptors (Lipinski definition) is 6. The van der Waals surface area contributed by atoms with Crippen molar-refractivity contribution in [2.24, 2.45) is 0 Å². The number of carbonyl (C=O) groups is 1. The second kappa shape index (κ2) is 9.89. The van der Waals surface area contributed by atoms with Crippen molar-refractivity contribution in [2.45, 2.75) is 50.7 Å². The summed E-state index contributed by atoms with van der Waals surface area (Å²) in [5.41, 5.74) is 4.20. The molecule has 0 bridgehead atoms. The maximum absolute atomic E-state index is 13.8. The van der Waals surface area contributed by atoms with Crippen LogP contribution in [0, 0.1) is 12.7 Å². The van der Waals surface area contributed by atoms with Gasteiger partial charge in [-0.15, -0.1) is 11.3 Å². The van der Waals surface area contributed by atoms with Crippen LogP contribution in [0.25, 0.3) is 27.4 Å². The standard InChI is InChI=1S/C25H25ClFNO4S/c1-13-9-21-25(33-13)23(18-7-5-15(27)10-20(18)26)19(24(28-21)14-3-4-14)8-6-16(29)11-17(30)12-22(31)32-2/h5-10,14,16-17,29-30H,3-4,11-12H2,1-2H3/b8-6+/t16-,17-/m1/s1. The Morgan fingerprint density at radius 1 is 1.36 bits per heavy atom. The zero-order valence-electron chi connectivity index (χ0n) is 18.3. The second-order valence-corrected chi connectivity index (χ2v) is 10.0. The normalized spacial score (nSPS) is 15.8. The zero-order valence-corrected chi connectivity index (χ0v) is 19.9. The summed E-state index contributed by atoms with van der Waals surface area (Å²) < 4.78 is 19.3. The number of nitrogens with zero attached hydrogens (tertiary/aromatic N) is 1. The molecule has 1 saturated carbocycles. The average Bonchev–Trinajstić information content (AvgIpc) is 3.52. The van der Waals surface area contributed by atoms with Crippen LogP contribution in [0.4, 0.5) is 4.39 Å². The third kappa shape index (κ3) is 5.44. The maximum atomic E-state index is 13.8. The number of aromatic nitrogens is 1. The van der Waals surface area contributed by atoms with Gasteiger partial charge in [-0.3, -0.25) is 9.78 Å². The summed E-state index contributed by atoms with van der Waals surface area (Å²) >= 11 is 8.07. The van der Waals surface area contributed by atoms with Crippen molar-refractivity contribution in [2.75, 3.05) is 7.11 Å². The highest BCUT2D eigenvalue weighted by atomic mass is 35.5. The Balaban J connectivity index is 1.78. The first-order valence-corrected chi connectivity index (χ1v) is 12.0. The number of hydrogen-bond donors (Lipinski definition) is 2. The highest BCUT2D eigenvalue weighted by Crippen LogP contribution is 2.48. The minimum absolute atomic E-state index is 0.00914. The van der Waals surface area contributed by atoms with Gasteiger partial charge in [0.05, 0.1) is 46.7 Å². The number of aliphatic hydroxyl groups excluding tert-OH is 2. The number of esters is 1. The van der Waals surface area contributed by atoms with Gasteiger partial charge in [0.1, 0.15) is 5.82 Å². The van der Waals surface area contributed by atoms with Gasteiger partial charge >= 0.3 is 5.97 Å². The van der Waals surface area contributed by atoms with Crippen LogP contribution in [-0.2, 0) is 9.53 Å². The Bertz CT molecular complexity index is 1220. The number of fused-ring (bicyclic) bond motifs is 1. The first-order chi connectivity index (χ1) is 15.8. The number of rotatable bonds is 8. The minimum atomic E-state index is -1.02. The van der Waals surface area contributed by atoms with Crippen molar-refractivity contribution in [3.63, 3.8) is 0 Å². The molecule has 2 atom stereocenters. The summed E-state index contributed by atoms with van der Waals surface area (Å²) in [5, 5.41) is 20.8. The molecule has 2 N–H and O–H groups in total. The molecule has 1 aromatic carbocycles. The molecule has 8 heteroatoms. The van der Waals surface area contributed by atoms with Gasteiger partial charge in [-0.1, -0.05) is 23.8 Å². The summed E-state index contributed by atoms with van der Waals surface area (Å²) in [6.07, 6.45) is 3.26. The van der Waals surface area contributed by atoms with E-state index in [0.717, 1.165) is 44.8 Å². The first kappa shape index (κ1) is 23.8. The molecule has 5 nitrogen and oxygen atoms in total. The van der Waals surface area contributed by atoms with E-state index in [2.05, 4.69) is 4.74 Å². The molecule has 0 saturated heterocycles. The van der Waals surface area contributed by atoms with E-state index in [-0.39, 0.29) is 12.8 Å². The van der Waals surface area contributed by atoms with Crippen LogP contribution < -0.4 is 0 Å². The predicted molar refractivity (Wildman–Crippen MR) is 129 cm³/mol. The number of aliphatic hydroxyl groups is 2. The van der Waals surface area contributed by atoms with Crippen molar-refractivity contribution in [1.82, 2.24) is 4.98 Å². The number of pyridine rings is 1. The van der Waals surface area contributed by atoms with Gasteiger partial charge in [0.25, 0.3) is 0 Å². The fourth-order valence-electron chi connectivity index (χ4n) is 3.92. The Hall–Kier alpha value is -2.32. The van der Waals surface area contributed by atoms with E-state index >= 15 is 0 Å². The molecular formula is C25H25ClFNO4S. The molecule has 0 spiro atoms. The molecule has 0 radical (unpaired) electrons. The van der Waals surface area contributed by atoms with Gasteiger partial charge in [0.15, 0.2) is 0 Å². The van der Waals surface area contributed by atoms with E-state index < -0.39 is 24.0 Å². The molecule has 0 aliphatic heterocycles. The molecule has 174 valence electrons. The number of aryl methyl sites for hydroxylation is 1. The van der Waals surface area contributed by atoms with Crippen molar-refractivity contribution in [1.29, 1.82) is 0 Å². The predicted octanol–water partition coefficient (Wildman–Crippen LogP) is 5.63. The smallest absolute Gasteiger partial charge is 0.308 e. The fourth-order valence-corrected chi connectivity index (χ4v) is 5.21. The van der Waals surface area contributed by atoms with Gasteiger partial charge in [0, 0.05) is 33.9 Å². The summed E-state index contributed by atoms with van der Waals surface area (Å²) in [5.74, 6) is -0.633. The van der Waals surface area contributed by atoms with Crippen molar-refractivity contribution >= 4 is 45.2 Å². The molecule has 1 fully saturated rings. The first-order valence-electron chi connectivity index (χ1n) is 10.8. The van der Waals surface area contributed by atoms with Crippen LogP contribution in [0.15, 0.2) is 30.3 Å². The number of carbonyl (C=O) groups excluding carboxylic acids is 1. The number of benzene rings is 1. The Morgan fingerprint density at radius 2 is 2.12 bits per heavy atom. The summed E-state index contributed by atoms with van der Waals surface area (Å²) in [4.78, 5) is 17.4. The van der Waals surface area contributed by atoms with E-state index in [1.165, 1.54) is 19.2 Å². The monoisotopic (exact) mass is 489 g/mol. The van der Waals surface area contributed by atoms with E-state index in [1.54, 1.807) is 29.6 Å². The van der Waals surface area contributed by atoms with E-state index in [4.69, 9.17) is 16.6 Å². The van der Waals surface area contributed by atoms with Gasteiger partial charge < -0.3 is 14.9 Å². The molecule has 3 aromatic rings. The van der Waals surface area contributed by atoms with Crippen molar-refractivity contribution in [3.8, 4) is 11.1 Å². The largest absolute Gasteiger partial charge is 0.469 e. The van der Waals surface area contributed by atoms with E-state index in [1.807, 2.05) is 13.0 Å². The van der Waals surface area contributed by atoms with Gasteiger partial charge in [-0.05, 0) is 44.0 Å². The molecule has 0 unspecified atom stereocenters. The lowest BCUT2D eigenvalue weighted by molar-refractivity contribution is -0.143. The molecule has 4 rings (SSSR count). The Labute approximate surface area is 200 Å². The molecule has 1 aliphatic rings. The van der Waals surface area contributed by atoms with Crippen LogP contribution in [0.3, 0.4) is 0 Å². The number of thiophene rings is 1. The number of halogens is 2. The number of ether oxygens (including phenoxy) is 1. The summed E-state index contributed by atoms with van der Waals surface area (Å²) in [6, 6.07) is 6.40. The summed E-state index contributed by atoms with van der Waals surface area (Å²) in [7, 11) is 1.25. The van der Waals surface area contributed by atoms with Crippen LogP contribution >= 0.6 is 22.9 Å². The molecule has 2 heterocycles. The van der Waals surface area contributed by atoms with Gasteiger partial charge in [0.2, 0.25) is 0 Å². The van der Waals surface area contributed by atoms with Crippen LogP contribution in [0.2, 0.25) is 5.02 Å². The second-order valence-electron chi connectivity index (χ2n) is 8.35. The van der Waals surface area contributed by atoms with Crippen molar-refractivity contribution in [3.05, 3.63) is 57.3 Å². The number of methoxy groups -OCH3 is 1. The lowest BCUT2D eigenvalue weighted by Crippen LogP contribution is -2.20. The lowest BCUT2D eigenvalue weighted by Gasteiger charge is -2.16. The topological polar surface area (TPSA) is 79.7 Å². The molecule has 1 aliphatic carbocycles. The third-order valence-corrected chi connectivity index (χ3v) is 7.01. The third-order valence-electron chi connectivity index (χ3n) is 5.64. The molecular weight excluding hydrogens is 465 g/mol. The Kier molecular flexibility index (Phi) is 7.14. The van der Waals surface area contributed by atoms with Gasteiger partial charge in [-0.25, -0.2) is 4.39 Å². The average molecular weight is 490 g/mol. The van der Waals surface area contributed by atoms with Crippen LogP contribution in [0.5, 0.6) is 0 Å². The van der Waals surface area contributed by atoms with Gasteiger partial charge in [-0.2, -0.15) is 0 Å². The maximum Gasteiger partial charge on any atom is 0.308 e. The van der Waals surface area contributed by atoms with Crippen LogP contribution in [-0.4, -0.2) is 40.5 Å². The Morgan fingerprint density at radius 3 is 2.79 bits per heavy atom. The minimum Gasteiger partial charge on any atom is -0.469 e. The summed E-state index contributed by atoms with van der Waals surface area (Å²) in [6.45, 7) is 2.02.